The first kappa shape index (κ1) is 15.3. The standard InChI is InChI=1S/C17H20N4O2/c22-17(23-13-14-4-2-1-3-5-14)20-15-6-7-16(19-12-15)21-10-8-18-9-11-21/h1-7,12,18H,8-11,13H2,(H,20,22). The number of hydrogen-bond acceptors (Lipinski definition) is 5. The summed E-state index contributed by atoms with van der Waals surface area (Å²) in [6.07, 6.45) is 1.17. The summed E-state index contributed by atoms with van der Waals surface area (Å²) in [7, 11) is 0. The minimum atomic E-state index is -0.481. The van der Waals surface area contributed by atoms with Gasteiger partial charge in [-0.1, -0.05) is 30.3 Å². The van der Waals surface area contributed by atoms with Crippen molar-refractivity contribution in [3.63, 3.8) is 0 Å². The van der Waals surface area contributed by atoms with E-state index in [0.717, 1.165) is 37.6 Å². The molecule has 0 radical (unpaired) electrons. The highest BCUT2D eigenvalue weighted by Gasteiger charge is 2.11. The average molecular weight is 312 g/mol. The zero-order valence-corrected chi connectivity index (χ0v) is 12.9. The second-order valence-corrected chi connectivity index (χ2v) is 5.33. The molecule has 0 bridgehead atoms. The van der Waals surface area contributed by atoms with Gasteiger partial charge in [0, 0.05) is 26.2 Å². The summed E-state index contributed by atoms with van der Waals surface area (Å²) >= 11 is 0. The molecule has 3 rings (SSSR count). The fraction of sp³-hybridized carbons (Fsp3) is 0.294. The molecular weight excluding hydrogens is 292 g/mol. The summed E-state index contributed by atoms with van der Waals surface area (Å²) in [4.78, 5) is 18.4. The summed E-state index contributed by atoms with van der Waals surface area (Å²) in [5.74, 6) is 0.926. The van der Waals surface area contributed by atoms with Gasteiger partial charge in [0.05, 0.1) is 11.9 Å². The molecule has 0 unspecified atom stereocenters. The summed E-state index contributed by atoms with van der Waals surface area (Å²) < 4.78 is 5.18. The van der Waals surface area contributed by atoms with Gasteiger partial charge in [-0.2, -0.15) is 0 Å². The highest BCUT2D eigenvalue weighted by atomic mass is 16.5. The molecule has 0 saturated carbocycles. The third-order valence-electron chi connectivity index (χ3n) is 3.65. The fourth-order valence-corrected chi connectivity index (χ4v) is 2.42. The highest BCUT2D eigenvalue weighted by Crippen LogP contribution is 2.15. The Kier molecular flexibility index (Phi) is 5.06. The number of carbonyl (C=O) groups is 1. The van der Waals surface area contributed by atoms with Crippen molar-refractivity contribution in [2.75, 3.05) is 36.4 Å². The van der Waals surface area contributed by atoms with Gasteiger partial charge >= 0.3 is 6.09 Å². The van der Waals surface area contributed by atoms with Crippen LogP contribution in [0.2, 0.25) is 0 Å². The molecular formula is C17H20N4O2. The second-order valence-electron chi connectivity index (χ2n) is 5.33. The van der Waals surface area contributed by atoms with Crippen LogP contribution in [0.15, 0.2) is 48.7 Å². The number of carbonyl (C=O) groups excluding carboxylic acids is 1. The van der Waals surface area contributed by atoms with Crippen molar-refractivity contribution in [2.24, 2.45) is 0 Å². The Bertz CT molecular complexity index is 625. The number of benzene rings is 1. The van der Waals surface area contributed by atoms with Crippen LogP contribution in [0.3, 0.4) is 0 Å². The number of aromatic nitrogens is 1. The highest BCUT2D eigenvalue weighted by molar-refractivity contribution is 5.84. The van der Waals surface area contributed by atoms with Crippen LogP contribution >= 0.6 is 0 Å². The molecule has 2 N–H and O–H groups in total. The minimum Gasteiger partial charge on any atom is -0.444 e. The Hall–Kier alpha value is -2.60. The number of rotatable bonds is 4. The first-order chi connectivity index (χ1) is 11.3. The number of anilines is 2. The van der Waals surface area contributed by atoms with E-state index < -0.39 is 6.09 Å². The van der Waals surface area contributed by atoms with Gasteiger partial charge in [-0.15, -0.1) is 0 Å². The largest absolute Gasteiger partial charge is 0.444 e. The predicted molar refractivity (Wildman–Crippen MR) is 89.6 cm³/mol. The molecule has 23 heavy (non-hydrogen) atoms. The van der Waals surface area contributed by atoms with Crippen LogP contribution in [0.25, 0.3) is 0 Å². The van der Waals surface area contributed by atoms with Gasteiger partial charge in [-0.05, 0) is 17.7 Å². The first-order valence-electron chi connectivity index (χ1n) is 7.71. The molecule has 0 spiro atoms. The SMILES string of the molecule is O=C(Nc1ccc(N2CCNCC2)nc1)OCc1ccccc1. The second kappa shape index (κ2) is 7.60. The number of amides is 1. The van der Waals surface area contributed by atoms with E-state index in [0.29, 0.717) is 5.69 Å². The Balaban J connectivity index is 1.50. The van der Waals surface area contributed by atoms with E-state index in [9.17, 15) is 4.79 Å². The van der Waals surface area contributed by atoms with E-state index in [1.807, 2.05) is 42.5 Å². The number of pyridine rings is 1. The zero-order valence-electron chi connectivity index (χ0n) is 12.9. The molecule has 0 atom stereocenters. The molecule has 0 aliphatic carbocycles. The molecule has 6 nitrogen and oxygen atoms in total. The van der Waals surface area contributed by atoms with Crippen molar-refractivity contribution < 1.29 is 9.53 Å². The average Bonchev–Trinajstić information content (AvgIpc) is 2.62. The molecule has 1 saturated heterocycles. The lowest BCUT2D eigenvalue weighted by atomic mass is 10.2. The number of hydrogen-bond donors (Lipinski definition) is 2. The van der Waals surface area contributed by atoms with E-state index in [1.54, 1.807) is 6.20 Å². The van der Waals surface area contributed by atoms with E-state index in [2.05, 4.69) is 20.5 Å². The van der Waals surface area contributed by atoms with Gasteiger partial charge < -0.3 is 15.0 Å². The number of nitrogens with one attached hydrogen (secondary N) is 2. The van der Waals surface area contributed by atoms with Crippen LogP contribution in [-0.2, 0) is 11.3 Å². The fourth-order valence-electron chi connectivity index (χ4n) is 2.42. The van der Waals surface area contributed by atoms with E-state index in [1.165, 1.54) is 0 Å². The van der Waals surface area contributed by atoms with Crippen LogP contribution in [0, 0.1) is 0 Å². The van der Waals surface area contributed by atoms with E-state index >= 15 is 0 Å². The van der Waals surface area contributed by atoms with Crippen LogP contribution < -0.4 is 15.5 Å². The maximum Gasteiger partial charge on any atom is 0.412 e. The first-order valence-corrected chi connectivity index (χ1v) is 7.71. The maximum absolute atomic E-state index is 11.8. The molecule has 6 heteroatoms. The summed E-state index contributed by atoms with van der Waals surface area (Å²) in [6, 6.07) is 13.3. The molecule has 2 heterocycles. The Labute approximate surface area is 135 Å². The van der Waals surface area contributed by atoms with Crippen molar-refractivity contribution in [1.29, 1.82) is 0 Å². The van der Waals surface area contributed by atoms with Crippen LogP contribution in [-0.4, -0.2) is 37.3 Å². The monoisotopic (exact) mass is 312 g/mol. The van der Waals surface area contributed by atoms with Crippen molar-refractivity contribution in [1.82, 2.24) is 10.3 Å². The van der Waals surface area contributed by atoms with Crippen LogP contribution in [0.5, 0.6) is 0 Å². The molecule has 1 aromatic carbocycles. The molecule has 1 aliphatic heterocycles. The van der Waals surface area contributed by atoms with Crippen LogP contribution in [0.1, 0.15) is 5.56 Å². The van der Waals surface area contributed by atoms with E-state index in [-0.39, 0.29) is 6.61 Å². The van der Waals surface area contributed by atoms with Crippen LogP contribution in [0.4, 0.5) is 16.3 Å². The quantitative estimate of drug-likeness (QED) is 0.906. The molecule has 1 fully saturated rings. The summed E-state index contributed by atoms with van der Waals surface area (Å²) in [5, 5.41) is 5.99. The molecule has 1 amide bonds. The van der Waals surface area contributed by atoms with Gasteiger partial charge in [-0.25, -0.2) is 9.78 Å². The lowest BCUT2D eigenvalue weighted by Crippen LogP contribution is -2.43. The van der Waals surface area contributed by atoms with E-state index in [4.69, 9.17) is 4.74 Å². The van der Waals surface area contributed by atoms with Gasteiger partial charge in [-0.3, -0.25) is 5.32 Å². The Morgan fingerprint density at radius 2 is 1.96 bits per heavy atom. The summed E-state index contributed by atoms with van der Waals surface area (Å²) in [5.41, 5.74) is 1.58. The molecule has 120 valence electrons. The minimum absolute atomic E-state index is 0.249. The Morgan fingerprint density at radius 1 is 1.17 bits per heavy atom. The Morgan fingerprint density at radius 3 is 2.65 bits per heavy atom. The van der Waals surface area contributed by atoms with Gasteiger partial charge in [0.2, 0.25) is 0 Å². The lowest BCUT2D eigenvalue weighted by Gasteiger charge is -2.28. The van der Waals surface area contributed by atoms with Crippen molar-refractivity contribution in [2.45, 2.75) is 6.61 Å². The van der Waals surface area contributed by atoms with Crippen molar-refractivity contribution in [3.8, 4) is 0 Å². The third-order valence-corrected chi connectivity index (χ3v) is 3.65. The van der Waals surface area contributed by atoms with Gasteiger partial charge in [0.25, 0.3) is 0 Å². The lowest BCUT2D eigenvalue weighted by molar-refractivity contribution is 0.155. The smallest absolute Gasteiger partial charge is 0.412 e. The third kappa shape index (κ3) is 4.43. The number of nitrogens with zero attached hydrogens (tertiary/aromatic N) is 2. The maximum atomic E-state index is 11.8. The van der Waals surface area contributed by atoms with Crippen molar-refractivity contribution in [3.05, 3.63) is 54.2 Å². The summed E-state index contributed by atoms with van der Waals surface area (Å²) in [6.45, 7) is 4.07. The normalized spacial score (nSPS) is 14.3. The van der Waals surface area contributed by atoms with Gasteiger partial charge in [0.15, 0.2) is 0 Å². The number of ether oxygens (including phenoxy) is 1. The predicted octanol–water partition coefficient (Wildman–Crippen LogP) is 2.24. The number of piperazine rings is 1. The zero-order chi connectivity index (χ0) is 15.9. The molecule has 2 aromatic rings. The topological polar surface area (TPSA) is 66.5 Å². The van der Waals surface area contributed by atoms with Crippen molar-refractivity contribution >= 4 is 17.6 Å². The molecule has 1 aromatic heterocycles. The van der Waals surface area contributed by atoms with Gasteiger partial charge in [0.1, 0.15) is 12.4 Å². The molecule has 1 aliphatic rings.